The summed E-state index contributed by atoms with van der Waals surface area (Å²) in [4.78, 5) is 0. The molecule has 1 aromatic carbocycles. The Bertz CT molecular complexity index is 339. The van der Waals surface area contributed by atoms with Crippen LogP contribution in [0.25, 0.3) is 0 Å². The van der Waals surface area contributed by atoms with Crippen LogP contribution in [0.3, 0.4) is 0 Å². The summed E-state index contributed by atoms with van der Waals surface area (Å²) in [6.45, 7) is 0.855. The zero-order chi connectivity index (χ0) is 11.1. The normalized spacial score (nSPS) is 10.6. The predicted molar refractivity (Wildman–Crippen MR) is 61.4 cm³/mol. The second kappa shape index (κ2) is 6.32. The molecule has 82 valence electrons. The number of nitrogens with two attached hydrogens (primary N) is 1. The van der Waals surface area contributed by atoms with Crippen molar-refractivity contribution in [2.75, 3.05) is 13.7 Å². The van der Waals surface area contributed by atoms with E-state index in [0.29, 0.717) is 13.2 Å². The topological polar surface area (TPSA) is 44.5 Å². The fourth-order valence-electron chi connectivity index (χ4n) is 1.14. The van der Waals surface area contributed by atoms with Gasteiger partial charge in [0, 0.05) is 23.7 Å². The Morgan fingerprint density at radius 1 is 1.47 bits per heavy atom. The highest BCUT2D eigenvalue weighted by Crippen LogP contribution is 2.24. The summed E-state index contributed by atoms with van der Waals surface area (Å²) in [7, 11) is 1.61. The molecule has 0 fully saturated rings. The first-order valence-electron chi connectivity index (χ1n) is 4.56. The molecule has 15 heavy (non-hydrogen) atoms. The average Bonchev–Trinajstić information content (AvgIpc) is 2.29. The van der Waals surface area contributed by atoms with Crippen molar-refractivity contribution in [2.45, 2.75) is 6.54 Å². The van der Waals surface area contributed by atoms with Crippen LogP contribution in [0.4, 0.5) is 0 Å². The summed E-state index contributed by atoms with van der Waals surface area (Å²) in [5, 5.41) is 0. The molecule has 0 aromatic heterocycles. The molecule has 0 bridgehead atoms. The fourth-order valence-corrected chi connectivity index (χ4v) is 1.21. The van der Waals surface area contributed by atoms with Gasteiger partial charge in [0.15, 0.2) is 0 Å². The van der Waals surface area contributed by atoms with Crippen LogP contribution in [-0.2, 0) is 6.54 Å². The van der Waals surface area contributed by atoms with Crippen molar-refractivity contribution < 1.29 is 9.47 Å². The molecular weight excluding hydrogens is 214 g/mol. The second-order valence-electron chi connectivity index (χ2n) is 2.85. The molecule has 0 aliphatic carbocycles. The number of ether oxygens (including phenoxy) is 2. The first-order valence-corrected chi connectivity index (χ1v) is 5.00. The Hall–Kier alpha value is -1.19. The molecule has 0 heterocycles. The molecule has 0 spiro atoms. The standard InChI is InChI=1S/C11H14ClNO2/c1-14-10-4-3-9(8-13)11(7-10)15-6-2-5-12/h2-5,7H,6,8,13H2,1H3. The number of rotatable bonds is 5. The highest BCUT2D eigenvalue weighted by molar-refractivity contribution is 6.25. The van der Waals surface area contributed by atoms with E-state index in [1.807, 2.05) is 18.2 Å². The smallest absolute Gasteiger partial charge is 0.127 e. The Balaban J connectivity index is 2.81. The third-order valence-corrected chi connectivity index (χ3v) is 2.10. The van der Waals surface area contributed by atoms with Gasteiger partial charge in [0.2, 0.25) is 0 Å². The van der Waals surface area contributed by atoms with Gasteiger partial charge in [0.05, 0.1) is 7.11 Å². The van der Waals surface area contributed by atoms with Crippen molar-refractivity contribution in [3.8, 4) is 11.5 Å². The SMILES string of the molecule is COc1ccc(CN)c(OCC=CCl)c1. The first kappa shape index (κ1) is 11.9. The van der Waals surface area contributed by atoms with Gasteiger partial charge in [-0.15, -0.1) is 0 Å². The number of benzene rings is 1. The van der Waals surface area contributed by atoms with Crippen molar-refractivity contribution in [1.29, 1.82) is 0 Å². The van der Waals surface area contributed by atoms with E-state index in [-0.39, 0.29) is 0 Å². The highest BCUT2D eigenvalue weighted by Gasteiger charge is 2.03. The number of methoxy groups -OCH3 is 1. The van der Waals surface area contributed by atoms with Crippen LogP contribution < -0.4 is 15.2 Å². The molecule has 1 aromatic rings. The number of halogens is 1. The molecule has 2 N–H and O–H groups in total. The van der Waals surface area contributed by atoms with Crippen LogP contribution in [0.1, 0.15) is 5.56 Å². The number of hydrogen-bond donors (Lipinski definition) is 1. The van der Waals surface area contributed by atoms with E-state index < -0.39 is 0 Å². The molecule has 1 rings (SSSR count). The fraction of sp³-hybridized carbons (Fsp3) is 0.273. The maximum Gasteiger partial charge on any atom is 0.127 e. The lowest BCUT2D eigenvalue weighted by Gasteiger charge is -2.10. The van der Waals surface area contributed by atoms with Gasteiger partial charge < -0.3 is 15.2 Å². The van der Waals surface area contributed by atoms with Gasteiger partial charge >= 0.3 is 0 Å². The number of hydrogen-bond acceptors (Lipinski definition) is 3. The van der Waals surface area contributed by atoms with E-state index in [0.717, 1.165) is 17.1 Å². The van der Waals surface area contributed by atoms with Gasteiger partial charge in [-0.05, 0) is 12.1 Å². The van der Waals surface area contributed by atoms with Crippen LogP contribution in [-0.4, -0.2) is 13.7 Å². The van der Waals surface area contributed by atoms with Crippen LogP contribution >= 0.6 is 11.6 Å². The maximum absolute atomic E-state index is 5.58. The van der Waals surface area contributed by atoms with E-state index in [4.69, 9.17) is 26.8 Å². The largest absolute Gasteiger partial charge is 0.497 e. The van der Waals surface area contributed by atoms with Crippen LogP contribution in [0.2, 0.25) is 0 Å². The maximum atomic E-state index is 5.58. The molecule has 0 unspecified atom stereocenters. The molecule has 0 aliphatic rings. The second-order valence-corrected chi connectivity index (χ2v) is 3.10. The van der Waals surface area contributed by atoms with E-state index in [9.17, 15) is 0 Å². The van der Waals surface area contributed by atoms with Crippen molar-refractivity contribution in [3.05, 3.63) is 35.4 Å². The van der Waals surface area contributed by atoms with Crippen molar-refractivity contribution in [3.63, 3.8) is 0 Å². The lowest BCUT2D eigenvalue weighted by Crippen LogP contribution is -2.02. The Labute approximate surface area is 94.4 Å². The quantitative estimate of drug-likeness (QED) is 0.840. The summed E-state index contributed by atoms with van der Waals surface area (Å²) in [6.07, 6.45) is 1.71. The van der Waals surface area contributed by atoms with E-state index >= 15 is 0 Å². The molecule has 4 heteroatoms. The predicted octanol–water partition coefficient (Wildman–Crippen LogP) is 2.29. The van der Waals surface area contributed by atoms with Crippen molar-refractivity contribution in [2.24, 2.45) is 5.73 Å². The third-order valence-electron chi connectivity index (χ3n) is 1.92. The molecule has 0 amide bonds. The van der Waals surface area contributed by atoms with Crippen molar-refractivity contribution >= 4 is 11.6 Å². The monoisotopic (exact) mass is 227 g/mol. The highest BCUT2D eigenvalue weighted by atomic mass is 35.5. The molecule has 0 aliphatic heterocycles. The van der Waals surface area contributed by atoms with Gasteiger partial charge in [-0.3, -0.25) is 0 Å². The van der Waals surface area contributed by atoms with Crippen molar-refractivity contribution in [1.82, 2.24) is 0 Å². The average molecular weight is 228 g/mol. The summed E-state index contributed by atoms with van der Waals surface area (Å²) in [5.74, 6) is 1.48. The Morgan fingerprint density at radius 3 is 2.87 bits per heavy atom. The van der Waals surface area contributed by atoms with Gasteiger partial charge in [0.25, 0.3) is 0 Å². The van der Waals surface area contributed by atoms with E-state index in [1.165, 1.54) is 5.54 Å². The summed E-state index contributed by atoms with van der Waals surface area (Å²) in [5.41, 5.74) is 7.94. The van der Waals surface area contributed by atoms with Gasteiger partial charge in [-0.1, -0.05) is 17.7 Å². The molecule has 0 radical (unpaired) electrons. The Morgan fingerprint density at radius 2 is 2.27 bits per heavy atom. The molecule has 0 atom stereocenters. The lowest BCUT2D eigenvalue weighted by atomic mass is 10.2. The summed E-state index contributed by atoms with van der Waals surface area (Å²) >= 11 is 5.39. The molecule has 0 saturated carbocycles. The van der Waals surface area contributed by atoms with Gasteiger partial charge in [0.1, 0.15) is 18.1 Å². The van der Waals surface area contributed by atoms with Gasteiger partial charge in [-0.25, -0.2) is 0 Å². The van der Waals surface area contributed by atoms with Crippen LogP contribution in [0, 0.1) is 0 Å². The zero-order valence-corrected chi connectivity index (χ0v) is 9.33. The minimum absolute atomic E-state index is 0.420. The third kappa shape index (κ3) is 3.46. The van der Waals surface area contributed by atoms with Gasteiger partial charge in [-0.2, -0.15) is 0 Å². The summed E-state index contributed by atoms with van der Waals surface area (Å²) in [6, 6.07) is 5.55. The first-order chi connectivity index (χ1) is 7.31. The zero-order valence-electron chi connectivity index (χ0n) is 8.57. The Kier molecular flexibility index (Phi) is 5.01. The molecule has 0 saturated heterocycles. The minimum atomic E-state index is 0.420. The summed E-state index contributed by atoms with van der Waals surface area (Å²) < 4.78 is 10.6. The van der Waals surface area contributed by atoms with Crippen LogP contribution in [0.15, 0.2) is 29.8 Å². The van der Waals surface area contributed by atoms with E-state index in [2.05, 4.69) is 0 Å². The molecule has 3 nitrogen and oxygen atoms in total. The van der Waals surface area contributed by atoms with Crippen LogP contribution in [0.5, 0.6) is 11.5 Å². The lowest BCUT2D eigenvalue weighted by molar-refractivity contribution is 0.353. The molecular formula is C11H14ClNO2. The van der Waals surface area contributed by atoms with E-state index in [1.54, 1.807) is 13.2 Å². The minimum Gasteiger partial charge on any atom is -0.497 e.